The van der Waals surface area contributed by atoms with Crippen molar-refractivity contribution in [1.82, 2.24) is 9.55 Å². The third-order valence-electron chi connectivity index (χ3n) is 2.64. The fraction of sp³-hybridized carbons (Fsp3) is 0.250. The molecule has 1 aromatic carbocycles. The first-order chi connectivity index (χ1) is 7.65. The van der Waals surface area contributed by atoms with Crippen LogP contribution < -0.4 is 5.73 Å². The van der Waals surface area contributed by atoms with Crippen LogP contribution in [0.4, 0.5) is 5.82 Å². The Bertz CT molecular complexity index is 517. The molecule has 2 N–H and O–H groups in total. The second-order valence-electron chi connectivity index (χ2n) is 3.62. The van der Waals surface area contributed by atoms with Gasteiger partial charge in [0.25, 0.3) is 0 Å². The molecule has 0 aliphatic heterocycles. The zero-order chi connectivity index (χ0) is 11.7. The quantitative estimate of drug-likeness (QED) is 0.869. The highest BCUT2D eigenvalue weighted by Gasteiger charge is 2.14. The maximum atomic E-state index is 6.13. The Labute approximate surface area is 99.9 Å². The van der Waals surface area contributed by atoms with E-state index in [4.69, 9.17) is 17.3 Å². The van der Waals surface area contributed by atoms with Crippen LogP contribution in [0.15, 0.2) is 24.3 Å². The maximum Gasteiger partial charge on any atom is 0.131 e. The van der Waals surface area contributed by atoms with Crippen molar-refractivity contribution < 1.29 is 0 Å². The summed E-state index contributed by atoms with van der Waals surface area (Å²) in [7, 11) is 0. The molecule has 0 aliphatic rings. The summed E-state index contributed by atoms with van der Waals surface area (Å²) in [6, 6.07) is 7.60. The zero-order valence-corrected chi connectivity index (χ0v) is 10.1. The number of halogens is 1. The van der Waals surface area contributed by atoms with Gasteiger partial charge in [0.05, 0.1) is 5.02 Å². The van der Waals surface area contributed by atoms with Gasteiger partial charge in [0.1, 0.15) is 17.3 Å². The molecule has 84 valence electrons. The molecule has 0 spiro atoms. The van der Waals surface area contributed by atoms with Gasteiger partial charge in [-0.1, -0.05) is 29.8 Å². The summed E-state index contributed by atoms with van der Waals surface area (Å²) in [4.78, 5) is 4.47. The van der Waals surface area contributed by atoms with E-state index in [1.165, 1.54) is 0 Å². The molecule has 0 atom stereocenters. The lowest BCUT2D eigenvalue weighted by Crippen LogP contribution is -2.02. The van der Waals surface area contributed by atoms with E-state index in [1.54, 1.807) is 0 Å². The van der Waals surface area contributed by atoms with Crippen molar-refractivity contribution in [3.8, 4) is 11.3 Å². The fourth-order valence-corrected chi connectivity index (χ4v) is 2.06. The Morgan fingerprint density at radius 3 is 2.62 bits per heavy atom. The van der Waals surface area contributed by atoms with Crippen molar-refractivity contribution in [2.75, 3.05) is 5.73 Å². The van der Waals surface area contributed by atoms with Crippen molar-refractivity contribution in [3.05, 3.63) is 35.1 Å². The summed E-state index contributed by atoms with van der Waals surface area (Å²) < 4.78 is 1.97. The molecule has 0 bridgehead atoms. The van der Waals surface area contributed by atoms with Gasteiger partial charge in [-0.05, 0) is 19.9 Å². The van der Waals surface area contributed by atoms with E-state index in [-0.39, 0.29) is 0 Å². The SMILES string of the molecule is CCn1c(C)nc(-c2ccccc2Cl)c1N. The summed E-state index contributed by atoms with van der Waals surface area (Å²) in [5.41, 5.74) is 7.71. The zero-order valence-electron chi connectivity index (χ0n) is 9.37. The number of aromatic nitrogens is 2. The number of nitrogens with zero attached hydrogens (tertiary/aromatic N) is 2. The van der Waals surface area contributed by atoms with E-state index in [1.807, 2.05) is 42.7 Å². The van der Waals surface area contributed by atoms with E-state index in [0.717, 1.165) is 23.6 Å². The molecule has 0 saturated heterocycles. The van der Waals surface area contributed by atoms with Crippen LogP contribution in [0.1, 0.15) is 12.7 Å². The van der Waals surface area contributed by atoms with Gasteiger partial charge in [0.15, 0.2) is 0 Å². The van der Waals surface area contributed by atoms with Crippen molar-refractivity contribution in [2.24, 2.45) is 0 Å². The molecule has 0 radical (unpaired) electrons. The second-order valence-corrected chi connectivity index (χ2v) is 4.02. The van der Waals surface area contributed by atoms with Gasteiger partial charge in [-0.25, -0.2) is 4.98 Å². The minimum atomic E-state index is 0.674. The Hall–Kier alpha value is -1.48. The molecule has 0 unspecified atom stereocenters. The highest BCUT2D eigenvalue weighted by Crippen LogP contribution is 2.31. The molecule has 16 heavy (non-hydrogen) atoms. The van der Waals surface area contributed by atoms with Crippen LogP contribution in [0.25, 0.3) is 11.3 Å². The molecular weight excluding hydrogens is 222 g/mol. The molecule has 0 aliphatic carbocycles. The number of hydrogen-bond donors (Lipinski definition) is 1. The third-order valence-corrected chi connectivity index (χ3v) is 2.97. The maximum absolute atomic E-state index is 6.13. The van der Waals surface area contributed by atoms with Crippen LogP contribution in [0.5, 0.6) is 0 Å². The first-order valence-corrected chi connectivity index (χ1v) is 5.60. The minimum absolute atomic E-state index is 0.674. The van der Waals surface area contributed by atoms with Crippen LogP contribution in [0, 0.1) is 6.92 Å². The number of imidazole rings is 1. The first-order valence-electron chi connectivity index (χ1n) is 5.22. The van der Waals surface area contributed by atoms with Crippen LogP contribution in [0.2, 0.25) is 5.02 Å². The fourth-order valence-electron chi connectivity index (χ4n) is 1.83. The van der Waals surface area contributed by atoms with Gasteiger partial charge >= 0.3 is 0 Å². The number of rotatable bonds is 2. The Morgan fingerprint density at radius 1 is 1.38 bits per heavy atom. The van der Waals surface area contributed by atoms with Gasteiger partial charge in [-0.2, -0.15) is 0 Å². The topological polar surface area (TPSA) is 43.8 Å². The van der Waals surface area contributed by atoms with E-state index in [2.05, 4.69) is 4.98 Å². The van der Waals surface area contributed by atoms with Gasteiger partial charge in [-0.3, -0.25) is 0 Å². The molecule has 0 saturated carbocycles. The average molecular weight is 236 g/mol. The number of aryl methyl sites for hydroxylation is 1. The summed E-state index contributed by atoms with van der Waals surface area (Å²) in [5.74, 6) is 1.59. The summed E-state index contributed by atoms with van der Waals surface area (Å²) in [6.45, 7) is 4.80. The molecule has 2 rings (SSSR count). The van der Waals surface area contributed by atoms with Crippen molar-refractivity contribution in [2.45, 2.75) is 20.4 Å². The lowest BCUT2D eigenvalue weighted by Gasteiger charge is -2.04. The predicted octanol–water partition coefficient (Wildman–Crippen LogP) is 3.11. The minimum Gasteiger partial charge on any atom is -0.383 e. The van der Waals surface area contributed by atoms with E-state index in [0.29, 0.717) is 10.8 Å². The molecule has 0 amide bonds. The van der Waals surface area contributed by atoms with Crippen molar-refractivity contribution in [1.29, 1.82) is 0 Å². The van der Waals surface area contributed by atoms with E-state index in [9.17, 15) is 0 Å². The second kappa shape index (κ2) is 4.18. The molecule has 1 aromatic heterocycles. The molecule has 1 heterocycles. The lowest BCUT2D eigenvalue weighted by molar-refractivity contribution is 0.739. The van der Waals surface area contributed by atoms with Crippen LogP contribution in [-0.2, 0) is 6.54 Å². The summed E-state index contributed by atoms with van der Waals surface area (Å²) in [5, 5.41) is 0.676. The molecular formula is C12H14ClN3. The molecule has 0 fully saturated rings. The first kappa shape index (κ1) is 11.0. The van der Waals surface area contributed by atoms with E-state index < -0.39 is 0 Å². The Balaban J connectivity index is 2.62. The van der Waals surface area contributed by atoms with Gasteiger partial charge in [0.2, 0.25) is 0 Å². The monoisotopic (exact) mass is 235 g/mol. The van der Waals surface area contributed by atoms with Crippen LogP contribution in [0.3, 0.4) is 0 Å². The largest absolute Gasteiger partial charge is 0.383 e. The standard InChI is InChI=1S/C12H14ClN3/c1-3-16-8(2)15-11(12(16)14)9-6-4-5-7-10(9)13/h4-7H,3,14H2,1-2H3. The lowest BCUT2D eigenvalue weighted by atomic mass is 10.1. The smallest absolute Gasteiger partial charge is 0.131 e. The average Bonchev–Trinajstić information content (AvgIpc) is 2.55. The van der Waals surface area contributed by atoms with Gasteiger partial charge in [-0.15, -0.1) is 0 Å². The highest BCUT2D eigenvalue weighted by molar-refractivity contribution is 6.33. The number of anilines is 1. The normalized spacial score (nSPS) is 10.7. The van der Waals surface area contributed by atoms with Crippen molar-refractivity contribution >= 4 is 17.4 Å². The molecule has 4 heteroatoms. The van der Waals surface area contributed by atoms with Crippen molar-refractivity contribution in [3.63, 3.8) is 0 Å². The molecule has 3 nitrogen and oxygen atoms in total. The Morgan fingerprint density at radius 2 is 2.06 bits per heavy atom. The number of hydrogen-bond acceptors (Lipinski definition) is 2. The van der Waals surface area contributed by atoms with Gasteiger partial charge in [0, 0.05) is 12.1 Å². The number of nitrogens with two attached hydrogens (primary N) is 1. The highest BCUT2D eigenvalue weighted by atomic mass is 35.5. The van der Waals surface area contributed by atoms with Gasteiger partial charge < -0.3 is 10.3 Å². The van der Waals surface area contributed by atoms with Crippen LogP contribution >= 0.6 is 11.6 Å². The van der Waals surface area contributed by atoms with Crippen LogP contribution in [-0.4, -0.2) is 9.55 Å². The summed E-state index contributed by atoms with van der Waals surface area (Å²) in [6.07, 6.45) is 0. The summed E-state index contributed by atoms with van der Waals surface area (Å²) >= 11 is 6.13. The Kier molecular flexibility index (Phi) is 2.88. The predicted molar refractivity (Wildman–Crippen MR) is 67.5 cm³/mol. The number of benzene rings is 1. The molecule has 2 aromatic rings. The third kappa shape index (κ3) is 1.67. The van der Waals surface area contributed by atoms with E-state index >= 15 is 0 Å². The number of nitrogen functional groups attached to an aromatic ring is 1.